The van der Waals surface area contributed by atoms with Gasteiger partial charge in [0.15, 0.2) is 0 Å². The minimum Gasteiger partial charge on any atom is -0.477 e. The van der Waals surface area contributed by atoms with E-state index in [2.05, 4.69) is 22.5 Å². The van der Waals surface area contributed by atoms with Crippen molar-refractivity contribution in [2.45, 2.75) is 77.5 Å². The van der Waals surface area contributed by atoms with Crippen LogP contribution in [0, 0.1) is 17.3 Å². The molecule has 2 amide bonds. The number of hydrogen-bond donors (Lipinski definition) is 3. The van der Waals surface area contributed by atoms with Crippen LogP contribution in [0.25, 0.3) is 0 Å². The molecule has 2 fully saturated rings. The summed E-state index contributed by atoms with van der Waals surface area (Å²) in [5.74, 6) is 5.09. The number of carbonyl (C=O) groups excluding carboxylic acids is 2. The Morgan fingerprint density at radius 2 is 1.88 bits per heavy atom. The Hall–Kier alpha value is -2.57. The van der Waals surface area contributed by atoms with Crippen molar-refractivity contribution < 1.29 is 24.2 Å². The smallest absolute Gasteiger partial charge is 0.407 e. The average Bonchev–Trinajstić information content (AvgIpc) is 3.19. The first-order chi connectivity index (χ1) is 15.7. The Morgan fingerprint density at radius 1 is 1.21 bits per heavy atom. The maximum Gasteiger partial charge on any atom is 0.407 e. The minimum absolute atomic E-state index is 0.0152. The summed E-state index contributed by atoms with van der Waals surface area (Å²) < 4.78 is 5.52. The van der Waals surface area contributed by atoms with E-state index in [9.17, 15) is 19.5 Å². The minimum atomic E-state index is -1.07. The number of hydrogen-bond acceptors (Lipinski definition) is 6. The molecule has 0 bridgehead atoms. The first kappa shape index (κ1) is 25.1. The first-order valence-electron chi connectivity index (χ1n) is 11.5. The second-order valence-corrected chi connectivity index (χ2v) is 10.7. The third kappa shape index (κ3) is 7.21. The maximum atomic E-state index is 12.2. The number of nitrogens with zero attached hydrogens (tertiary/aromatic N) is 1. The Labute approximate surface area is 199 Å². The van der Waals surface area contributed by atoms with Gasteiger partial charge in [0.25, 0.3) is 0 Å². The molecule has 2 aliphatic rings. The Morgan fingerprint density at radius 3 is 2.45 bits per heavy atom. The number of amides is 2. The Kier molecular flexibility index (Phi) is 8.38. The number of rotatable bonds is 6. The number of alkyl carbamates (subject to hydrolysis) is 1. The van der Waals surface area contributed by atoms with Gasteiger partial charge in [0, 0.05) is 17.5 Å². The molecule has 33 heavy (non-hydrogen) atoms. The Balaban J connectivity index is 1.62. The van der Waals surface area contributed by atoms with Crippen LogP contribution >= 0.6 is 11.3 Å². The molecule has 9 heteroatoms. The van der Waals surface area contributed by atoms with Gasteiger partial charge in [0.2, 0.25) is 6.41 Å². The van der Waals surface area contributed by atoms with Gasteiger partial charge in [0.05, 0.1) is 10.6 Å². The molecule has 1 aliphatic carbocycles. The van der Waals surface area contributed by atoms with E-state index in [4.69, 9.17) is 4.74 Å². The van der Waals surface area contributed by atoms with Crippen LogP contribution in [-0.2, 0) is 9.53 Å². The number of carboxylic acid groups (broad SMARTS) is 1. The molecule has 3 rings (SSSR count). The molecule has 3 N–H and O–H groups in total. The summed E-state index contributed by atoms with van der Waals surface area (Å²) in [5, 5.41) is 15.9. The lowest BCUT2D eigenvalue weighted by molar-refractivity contribution is -0.108. The molecule has 0 unspecified atom stereocenters. The lowest BCUT2D eigenvalue weighted by Gasteiger charge is -2.35. The zero-order valence-electron chi connectivity index (χ0n) is 19.5. The molecule has 180 valence electrons. The van der Waals surface area contributed by atoms with Crippen LogP contribution in [0.15, 0.2) is 6.07 Å². The number of nitrogens with one attached hydrogen (secondary N) is 2. The number of thiophene rings is 1. The third-order valence-electron chi connectivity index (χ3n) is 5.83. The predicted octanol–water partition coefficient (Wildman–Crippen LogP) is 3.60. The maximum absolute atomic E-state index is 12.2. The summed E-state index contributed by atoms with van der Waals surface area (Å²) in [7, 11) is 0. The average molecular weight is 476 g/mol. The summed E-state index contributed by atoms with van der Waals surface area (Å²) in [6, 6.07) is 1.55. The van der Waals surface area contributed by atoms with E-state index in [1.165, 1.54) is 4.90 Å². The largest absolute Gasteiger partial charge is 0.477 e. The highest BCUT2D eigenvalue weighted by Gasteiger charge is 2.31. The molecule has 0 aromatic carbocycles. The van der Waals surface area contributed by atoms with Crippen LogP contribution in [-0.4, -0.2) is 54.9 Å². The van der Waals surface area contributed by atoms with Crippen LogP contribution < -0.4 is 15.5 Å². The molecule has 0 radical (unpaired) electrons. The molecule has 1 saturated heterocycles. The third-order valence-corrected chi connectivity index (χ3v) is 6.86. The second kappa shape index (κ2) is 11.0. The molecular weight excluding hydrogens is 442 g/mol. The van der Waals surface area contributed by atoms with E-state index in [-0.39, 0.29) is 34.6 Å². The Bertz CT molecular complexity index is 913. The SMILES string of the molecule is CC(C)(C)C#Cc1cc(N(C=O)C2CCC(NC(=O)OC3CCNCC3)CC2)c(C(=O)O)s1. The van der Waals surface area contributed by atoms with E-state index in [0.29, 0.717) is 42.7 Å². The van der Waals surface area contributed by atoms with Crippen molar-refractivity contribution in [2.75, 3.05) is 18.0 Å². The van der Waals surface area contributed by atoms with Crippen LogP contribution in [0.3, 0.4) is 0 Å². The molecule has 1 aliphatic heterocycles. The fraction of sp³-hybridized carbons (Fsp3) is 0.625. The summed E-state index contributed by atoms with van der Waals surface area (Å²) in [6.07, 6.45) is 4.64. The highest BCUT2D eigenvalue weighted by Crippen LogP contribution is 2.34. The molecule has 1 saturated carbocycles. The van der Waals surface area contributed by atoms with Crippen molar-refractivity contribution in [3.8, 4) is 11.8 Å². The van der Waals surface area contributed by atoms with Gasteiger partial charge in [-0.25, -0.2) is 9.59 Å². The normalized spacial score (nSPS) is 21.4. The molecule has 0 spiro atoms. The highest BCUT2D eigenvalue weighted by molar-refractivity contribution is 7.15. The van der Waals surface area contributed by atoms with Crippen LogP contribution in [0.5, 0.6) is 0 Å². The van der Waals surface area contributed by atoms with E-state index < -0.39 is 5.97 Å². The molecular formula is C24H33N3O5S. The number of aromatic carboxylic acids is 1. The zero-order valence-corrected chi connectivity index (χ0v) is 20.3. The number of anilines is 1. The van der Waals surface area contributed by atoms with Crippen molar-refractivity contribution in [2.24, 2.45) is 5.41 Å². The zero-order chi connectivity index (χ0) is 24.0. The van der Waals surface area contributed by atoms with Crippen molar-refractivity contribution in [1.29, 1.82) is 0 Å². The first-order valence-corrected chi connectivity index (χ1v) is 12.3. The molecule has 1 aromatic heterocycles. The quantitative estimate of drug-likeness (QED) is 0.429. The topological polar surface area (TPSA) is 108 Å². The second-order valence-electron chi connectivity index (χ2n) is 9.65. The standard InChI is InChI=1S/C24H33N3O5S/c1-24(2,3)11-8-19-14-20(21(33-19)22(29)30)27(15-28)17-6-4-16(5-7-17)26-23(31)32-18-9-12-25-13-10-18/h14-18,25H,4-7,9-10,12-13H2,1-3H3,(H,26,31)(H,29,30). The fourth-order valence-electron chi connectivity index (χ4n) is 4.14. The van der Waals surface area contributed by atoms with E-state index in [1.54, 1.807) is 6.07 Å². The van der Waals surface area contributed by atoms with Gasteiger partial charge in [-0.2, -0.15) is 0 Å². The van der Waals surface area contributed by atoms with Crippen molar-refractivity contribution in [3.63, 3.8) is 0 Å². The van der Waals surface area contributed by atoms with Gasteiger partial charge >= 0.3 is 12.1 Å². The van der Waals surface area contributed by atoms with Crippen molar-refractivity contribution >= 4 is 35.5 Å². The molecule has 2 heterocycles. The fourth-order valence-corrected chi connectivity index (χ4v) is 4.99. The van der Waals surface area contributed by atoms with E-state index in [1.807, 2.05) is 20.8 Å². The van der Waals surface area contributed by atoms with E-state index in [0.717, 1.165) is 37.3 Å². The van der Waals surface area contributed by atoms with Crippen LogP contribution in [0.1, 0.15) is 73.8 Å². The lowest BCUT2D eigenvalue weighted by atomic mass is 9.90. The van der Waals surface area contributed by atoms with Crippen LogP contribution in [0.2, 0.25) is 0 Å². The summed E-state index contributed by atoms with van der Waals surface area (Å²) >= 11 is 1.09. The van der Waals surface area contributed by atoms with Gasteiger partial charge in [0.1, 0.15) is 11.0 Å². The number of carboxylic acids is 1. The van der Waals surface area contributed by atoms with Crippen LogP contribution in [0.4, 0.5) is 10.5 Å². The molecule has 1 aromatic rings. The monoisotopic (exact) mass is 475 g/mol. The predicted molar refractivity (Wildman–Crippen MR) is 128 cm³/mol. The highest BCUT2D eigenvalue weighted by atomic mass is 32.1. The summed E-state index contributed by atoms with van der Waals surface area (Å²) in [6.45, 7) is 7.67. The lowest BCUT2D eigenvalue weighted by Crippen LogP contribution is -2.45. The number of piperidine rings is 1. The summed E-state index contributed by atoms with van der Waals surface area (Å²) in [4.78, 5) is 38.3. The van der Waals surface area contributed by atoms with Crippen molar-refractivity contribution in [1.82, 2.24) is 10.6 Å². The molecule has 8 nitrogen and oxygen atoms in total. The molecule has 0 atom stereocenters. The van der Waals surface area contributed by atoms with E-state index >= 15 is 0 Å². The van der Waals surface area contributed by atoms with Gasteiger partial charge in [-0.1, -0.05) is 11.8 Å². The summed E-state index contributed by atoms with van der Waals surface area (Å²) in [5.41, 5.74) is 0.181. The van der Waals surface area contributed by atoms with Gasteiger partial charge < -0.3 is 25.4 Å². The number of carbonyl (C=O) groups is 3. The van der Waals surface area contributed by atoms with Gasteiger partial charge in [-0.05, 0) is 78.5 Å². The number of ether oxygens (including phenoxy) is 1. The van der Waals surface area contributed by atoms with Crippen molar-refractivity contribution in [3.05, 3.63) is 15.8 Å². The van der Waals surface area contributed by atoms with Gasteiger partial charge in [-0.3, -0.25) is 4.79 Å². The van der Waals surface area contributed by atoms with Gasteiger partial charge in [-0.15, -0.1) is 11.3 Å².